The van der Waals surface area contributed by atoms with Gasteiger partial charge in [-0.1, -0.05) is 97.1 Å². The minimum atomic E-state index is -3.12. The molecule has 0 aliphatic heterocycles. The molecule has 0 saturated heterocycles. The number of carbonyl (C=O) groups excluding carboxylic acids is 1. The number of nitrogens with one attached hydrogen (secondary N) is 3. The molecule has 0 aliphatic carbocycles. The number of H-pyrrole nitrogens is 1. The number of rotatable bonds is 18. The number of anilines is 1. The standard InChI is InChI=1S/C31H49ClN6O4S/c1-6-7-8-9-10-11-12-13-14-15-20-43(40,41)21-16-19-33-30(39)34-23-17-18-24(25(22-23)42-5)28-35-29-26(32)27(31(2,3)4)36-38(29)37-28/h17-18,22H,6-16,19-21H2,1-5H3,(H,35,37)(H2,33,34,39). The fraction of sp³-hybridized carbons (Fsp3) is 0.645. The van der Waals surface area contributed by atoms with E-state index in [1.807, 2.05) is 20.8 Å². The first kappa shape index (κ1) is 34.7. The van der Waals surface area contributed by atoms with Crippen molar-refractivity contribution in [2.45, 2.75) is 104 Å². The number of sulfone groups is 1. The molecule has 2 heterocycles. The van der Waals surface area contributed by atoms with E-state index >= 15 is 0 Å². The number of ether oxygens (including phenoxy) is 1. The highest BCUT2D eigenvalue weighted by Crippen LogP contribution is 2.34. The van der Waals surface area contributed by atoms with Crippen molar-refractivity contribution in [2.24, 2.45) is 0 Å². The van der Waals surface area contributed by atoms with Gasteiger partial charge in [0.15, 0.2) is 11.5 Å². The molecule has 2 amide bonds. The smallest absolute Gasteiger partial charge is 0.319 e. The van der Waals surface area contributed by atoms with Gasteiger partial charge in [0.05, 0.1) is 29.9 Å². The van der Waals surface area contributed by atoms with Crippen molar-refractivity contribution >= 4 is 38.8 Å². The lowest BCUT2D eigenvalue weighted by molar-refractivity contribution is 0.252. The van der Waals surface area contributed by atoms with Gasteiger partial charge in [-0.15, -0.1) is 9.73 Å². The quantitative estimate of drug-likeness (QED) is 0.124. The Labute approximate surface area is 261 Å². The summed E-state index contributed by atoms with van der Waals surface area (Å²) in [7, 11) is -1.58. The van der Waals surface area contributed by atoms with Gasteiger partial charge >= 0.3 is 6.03 Å². The third-order valence-electron chi connectivity index (χ3n) is 7.39. The summed E-state index contributed by atoms with van der Waals surface area (Å²) < 4.78 is 31.8. The highest BCUT2D eigenvalue weighted by Gasteiger charge is 2.25. The van der Waals surface area contributed by atoms with Gasteiger partial charge in [0.1, 0.15) is 20.6 Å². The molecule has 0 unspecified atom stereocenters. The number of hydrogen-bond acceptors (Lipinski definition) is 6. The van der Waals surface area contributed by atoms with Crippen molar-refractivity contribution in [3.05, 3.63) is 28.9 Å². The molecule has 0 spiro atoms. The van der Waals surface area contributed by atoms with Crippen LogP contribution in [0.1, 0.15) is 104 Å². The van der Waals surface area contributed by atoms with E-state index in [1.54, 1.807) is 18.2 Å². The van der Waals surface area contributed by atoms with Crippen LogP contribution in [-0.2, 0) is 15.3 Å². The van der Waals surface area contributed by atoms with Crippen LogP contribution >= 0.6 is 11.6 Å². The third kappa shape index (κ3) is 10.7. The van der Waals surface area contributed by atoms with Crippen LogP contribution < -0.4 is 15.4 Å². The predicted molar refractivity (Wildman–Crippen MR) is 175 cm³/mol. The average Bonchev–Trinajstić information content (AvgIpc) is 3.51. The number of fused-ring (bicyclic) bond motifs is 1. The number of aromatic nitrogens is 4. The summed E-state index contributed by atoms with van der Waals surface area (Å²) in [5.41, 5.74) is 2.33. The number of nitrogens with zero attached hydrogens (tertiary/aromatic N) is 3. The van der Waals surface area contributed by atoms with E-state index in [2.05, 4.69) is 32.7 Å². The van der Waals surface area contributed by atoms with E-state index in [0.29, 0.717) is 46.3 Å². The Morgan fingerprint density at radius 1 is 0.977 bits per heavy atom. The molecule has 3 rings (SSSR count). The lowest BCUT2D eigenvalue weighted by Crippen LogP contribution is -2.30. The Hall–Kier alpha value is -2.79. The Kier molecular flexibility index (Phi) is 13.2. The highest BCUT2D eigenvalue weighted by atomic mass is 35.5. The number of unbranched alkanes of at least 4 members (excludes halogenated alkanes) is 9. The summed E-state index contributed by atoms with van der Waals surface area (Å²) in [5, 5.41) is 15.1. The van der Waals surface area contributed by atoms with E-state index in [1.165, 1.54) is 56.7 Å². The maximum absolute atomic E-state index is 12.4. The first-order valence-electron chi connectivity index (χ1n) is 15.5. The van der Waals surface area contributed by atoms with E-state index in [-0.39, 0.29) is 23.5 Å². The first-order valence-corrected chi connectivity index (χ1v) is 17.7. The number of amides is 2. The van der Waals surface area contributed by atoms with Gasteiger partial charge in [-0.25, -0.2) is 13.2 Å². The maximum Gasteiger partial charge on any atom is 0.319 e. The topological polar surface area (TPSA) is 130 Å². The van der Waals surface area contributed by atoms with Gasteiger partial charge in [-0.2, -0.15) is 5.10 Å². The summed E-state index contributed by atoms with van der Waals surface area (Å²) in [6.07, 6.45) is 12.1. The van der Waals surface area contributed by atoms with E-state index in [9.17, 15) is 13.2 Å². The first-order chi connectivity index (χ1) is 20.4. The zero-order valence-electron chi connectivity index (χ0n) is 26.4. The zero-order valence-corrected chi connectivity index (χ0v) is 28.0. The molecule has 3 aromatic rings. The van der Waals surface area contributed by atoms with Crippen LogP contribution in [0.5, 0.6) is 5.75 Å². The number of aromatic amines is 1. The Bertz CT molecular complexity index is 1430. The van der Waals surface area contributed by atoms with E-state index in [0.717, 1.165) is 18.5 Å². The number of halogens is 1. The molecule has 43 heavy (non-hydrogen) atoms. The molecule has 3 N–H and O–H groups in total. The largest absolute Gasteiger partial charge is 0.496 e. The molecule has 0 atom stereocenters. The Morgan fingerprint density at radius 3 is 2.21 bits per heavy atom. The number of methoxy groups -OCH3 is 1. The van der Waals surface area contributed by atoms with Gasteiger partial charge in [-0.05, 0) is 25.0 Å². The van der Waals surface area contributed by atoms with Crippen molar-refractivity contribution in [2.75, 3.05) is 30.5 Å². The molecule has 0 radical (unpaired) electrons. The lowest BCUT2D eigenvalue weighted by Gasteiger charge is -2.14. The molecule has 10 nitrogen and oxygen atoms in total. The maximum atomic E-state index is 12.4. The molecule has 0 bridgehead atoms. The molecule has 0 aliphatic rings. The summed E-state index contributed by atoms with van der Waals surface area (Å²) in [6, 6.07) is 4.80. The summed E-state index contributed by atoms with van der Waals surface area (Å²) in [6.45, 7) is 8.60. The van der Waals surface area contributed by atoms with Crippen LogP contribution in [0.25, 0.3) is 17.0 Å². The second kappa shape index (κ2) is 16.3. The van der Waals surface area contributed by atoms with Crippen LogP contribution in [0.4, 0.5) is 10.5 Å². The molecule has 12 heteroatoms. The molecule has 1 aromatic carbocycles. The molecule has 240 valence electrons. The van der Waals surface area contributed by atoms with Crippen LogP contribution in [0.2, 0.25) is 5.02 Å². The number of hydrogen-bond donors (Lipinski definition) is 3. The molecule has 2 aromatic heterocycles. The number of carbonyl (C=O) groups is 1. The second-order valence-corrected chi connectivity index (χ2v) is 14.9. The van der Waals surface area contributed by atoms with E-state index < -0.39 is 15.9 Å². The third-order valence-corrected chi connectivity index (χ3v) is 9.57. The molecular weight excluding hydrogens is 588 g/mol. The number of urea groups is 1. The van der Waals surface area contributed by atoms with Crippen molar-refractivity contribution in [3.63, 3.8) is 0 Å². The summed E-state index contributed by atoms with van der Waals surface area (Å²) >= 11 is 6.56. The van der Waals surface area contributed by atoms with Crippen LogP contribution in [0, 0.1) is 0 Å². The van der Waals surface area contributed by atoms with Gasteiger partial charge in [0, 0.05) is 23.7 Å². The Morgan fingerprint density at radius 2 is 1.60 bits per heavy atom. The van der Waals surface area contributed by atoms with Crippen molar-refractivity contribution in [3.8, 4) is 17.1 Å². The number of benzene rings is 1. The molecule has 0 saturated carbocycles. The fourth-order valence-electron chi connectivity index (χ4n) is 4.94. The fourth-order valence-corrected chi connectivity index (χ4v) is 6.82. The summed E-state index contributed by atoms with van der Waals surface area (Å²) in [4.78, 5) is 15.7. The normalized spacial score (nSPS) is 12.1. The van der Waals surface area contributed by atoms with Crippen LogP contribution in [-0.4, -0.2) is 59.4 Å². The van der Waals surface area contributed by atoms with Crippen LogP contribution in [0.3, 0.4) is 0 Å². The second-order valence-electron chi connectivity index (χ2n) is 12.2. The SMILES string of the molecule is CCCCCCCCCCCCS(=O)(=O)CCCNC(=O)Nc1ccc(-c2nn3nc(C(C)(C)C)c(Cl)c3[nH]2)c(OC)c1. The monoisotopic (exact) mass is 636 g/mol. The van der Waals surface area contributed by atoms with Gasteiger partial charge in [0.25, 0.3) is 0 Å². The lowest BCUT2D eigenvalue weighted by atomic mass is 9.92. The predicted octanol–water partition coefficient (Wildman–Crippen LogP) is 7.53. The van der Waals surface area contributed by atoms with Crippen molar-refractivity contribution < 1.29 is 17.9 Å². The summed E-state index contributed by atoms with van der Waals surface area (Å²) in [5.74, 6) is 1.31. The minimum absolute atomic E-state index is 0.0705. The highest BCUT2D eigenvalue weighted by molar-refractivity contribution is 7.91. The minimum Gasteiger partial charge on any atom is -0.496 e. The van der Waals surface area contributed by atoms with Crippen molar-refractivity contribution in [1.29, 1.82) is 0 Å². The van der Waals surface area contributed by atoms with Gasteiger partial charge in [0.2, 0.25) is 0 Å². The van der Waals surface area contributed by atoms with Crippen LogP contribution in [0.15, 0.2) is 18.2 Å². The van der Waals surface area contributed by atoms with Crippen molar-refractivity contribution in [1.82, 2.24) is 25.1 Å². The van der Waals surface area contributed by atoms with Gasteiger partial charge < -0.3 is 20.4 Å². The molecule has 0 fully saturated rings. The van der Waals surface area contributed by atoms with Gasteiger partial charge in [-0.3, -0.25) is 0 Å². The zero-order chi connectivity index (χ0) is 31.5. The average molecular weight is 637 g/mol. The van der Waals surface area contributed by atoms with E-state index in [4.69, 9.17) is 16.3 Å². The molecular formula is C31H49ClN6O4S. The Balaban J connectivity index is 1.40.